The molecule has 0 fully saturated rings. The standard InChI is InChI=1S/C18H29N3O2/c1-14(11-12-15-9-7-6-8-10-15)19-17(23)21(5)13-16(22)20-18(2,3)4/h6-10,14H,11-13H2,1-5H3,(H,19,23)(H,20,22). The molecule has 0 aliphatic rings. The van der Waals surface area contributed by atoms with Gasteiger partial charge in [0.05, 0.1) is 0 Å². The molecule has 0 aliphatic heterocycles. The first-order valence-electron chi connectivity index (χ1n) is 8.04. The van der Waals surface area contributed by atoms with Gasteiger partial charge in [-0.15, -0.1) is 0 Å². The Labute approximate surface area is 139 Å². The van der Waals surface area contributed by atoms with E-state index >= 15 is 0 Å². The summed E-state index contributed by atoms with van der Waals surface area (Å²) in [4.78, 5) is 25.3. The fraction of sp³-hybridized carbons (Fsp3) is 0.556. The molecule has 128 valence electrons. The van der Waals surface area contributed by atoms with E-state index in [0.29, 0.717) is 0 Å². The van der Waals surface area contributed by atoms with E-state index in [1.165, 1.54) is 10.5 Å². The summed E-state index contributed by atoms with van der Waals surface area (Å²) in [6.07, 6.45) is 1.77. The number of rotatable bonds is 6. The second kappa shape index (κ2) is 8.56. The molecule has 3 amide bonds. The first-order chi connectivity index (χ1) is 10.7. The first-order valence-corrected chi connectivity index (χ1v) is 8.04. The predicted octanol–water partition coefficient (Wildman–Crippen LogP) is 2.56. The molecule has 1 rings (SSSR count). The summed E-state index contributed by atoms with van der Waals surface area (Å²) in [5, 5.41) is 5.77. The molecule has 1 aromatic rings. The Bertz CT molecular complexity index is 509. The Hall–Kier alpha value is -2.04. The van der Waals surface area contributed by atoms with E-state index in [1.807, 2.05) is 45.9 Å². The van der Waals surface area contributed by atoms with Crippen LogP contribution in [0.3, 0.4) is 0 Å². The normalized spacial score (nSPS) is 12.4. The van der Waals surface area contributed by atoms with Crippen LogP contribution in [0.1, 0.15) is 39.7 Å². The number of urea groups is 1. The maximum absolute atomic E-state index is 12.1. The van der Waals surface area contributed by atoms with E-state index < -0.39 is 0 Å². The number of hydrogen-bond acceptors (Lipinski definition) is 2. The van der Waals surface area contributed by atoms with Crippen molar-refractivity contribution in [3.63, 3.8) is 0 Å². The highest BCUT2D eigenvalue weighted by atomic mass is 16.2. The maximum atomic E-state index is 12.1. The fourth-order valence-electron chi connectivity index (χ4n) is 2.17. The second-order valence-electron chi connectivity index (χ2n) is 7.03. The van der Waals surface area contributed by atoms with Gasteiger partial charge in [-0.25, -0.2) is 4.79 Å². The van der Waals surface area contributed by atoms with Crippen LogP contribution in [0.5, 0.6) is 0 Å². The lowest BCUT2D eigenvalue weighted by atomic mass is 10.1. The van der Waals surface area contributed by atoms with Crippen LogP contribution in [0.4, 0.5) is 4.79 Å². The van der Waals surface area contributed by atoms with E-state index in [4.69, 9.17) is 0 Å². The van der Waals surface area contributed by atoms with E-state index in [0.717, 1.165) is 12.8 Å². The Morgan fingerprint density at radius 3 is 2.35 bits per heavy atom. The average Bonchev–Trinajstić information content (AvgIpc) is 2.44. The largest absolute Gasteiger partial charge is 0.350 e. The molecule has 1 aromatic carbocycles. The number of nitrogens with one attached hydrogen (secondary N) is 2. The molecule has 0 aromatic heterocycles. The van der Waals surface area contributed by atoms with Crippen LogP contribution in [0.15, 0.2) is 30.3 Å². The van der Waals surface area contributed by atoms with Crippen LogP contribution in [0.2, 0.25) is 0 Å². The zero-order chi connectivity index (χ0) is 17.5. The van der Waals surface area contributed by atoms with E-state index in [1.54, 1.807) is 7.05 Å². The zero-order valence-corrected chi connectivity index (χ0v) is 14.8. The molecule has 0 bridgehead atoms. The average molecular weight is 319 g/mol. The van der Waals surface area contributed by atoms with Crippen molar-refractivity contribution < 1.29 is 9.59 Å². The van der Waals surface area contributed by atoms with Crippen molar-refractivity contribution in [1.82, 2.24) is 15.5 Å². The van der Waals surface area contributed by atoms with Gasteiger partial charge >= 0.3 is 6.03 Å². The smallest absolute Gasteiger partial charge is 0.317 e. The molecule has 5 heteroatoms. The molecule has 1 unspecified atom stereocenters. The van der Waals surface area contributed by atoms with Gasteiger partial charge in [-0.1, -0.05) is 30.3 Å². The number of carbonyl (C=O) groups excluding carboxylic acids is 2. The van der Waals surface area contributed by atoms with Gasteiger partial charge in [-0.2, -0.15) is 0 Å². The molecule has 0 aliphatic carbocycles. The third-order valence-electron chi connectivity index (χ3n) is 3.32. The minimum absolute atomic E-state index is 0.0501. The van der Waals surface area contributed by atoms with Crippen molar-refractivity contribution in [2.75, 3.05) is 13.6 Å². The summed E-state index contributed by atoms with van der Waals surface area (Å²) >= 11 is 0. The van der Waals surface area contributed by atoms with Crippen molar-refractivity contribution >= 4 is 11.9 Å². The summed E-state index contributed by atoms with van der Waals surface area (Å²) < 4.78 is 0. The van der Waals surface area contributed by atoms with Crippen LogP contribution < -0.4 is 10.6 Å². The van der Waals surface area contributed by atoms with E-state index in [2.05, 4.69) is 22.8 Å². The quantitative estimate of drug-likeness (QED) is 0.846. The van der Waals surface area contributed by atoms with Crippen LogP contribution in [0.25, 0.3) is 0 Å². The molecule has 0 saturated carbocycles. The maximum Gasteiger partial charge on any atom is 0.317 e. The SMILES string of the molecule is CC(CCc1ccccc1)NC(=O)N(C)CC(=O)NC(C)(C)C. The van der Waals surface area contributed by atoms with E-state index in [9.17, 15) is 9.59 Å². The summed E-state index contributed by atoms with van der Waals surface area (Å²) in [6, 6.07) is 10.0. The summed E-state index contributed by atoms with van der Waals surface area (Å²) in [5.41, 5.74) is 0.962. The van der Waals surface area contributed by atoms with Crippen LogP contribution in [-0.2, 0) is 11.2 Å². The van der Waals surface area contributed by atoms with Gasteiger partial charge in [0.15, 0.2) is 0 Å². The van der Waals surface area contributed by atoms with Gasteiger partial charge in [0.25, 0.3) is 0 Å². The molecule has 5 nitrogen and oxygen atoms in total. The monoisotopic (exact) mass is 319 g/mol. The van der Waals surface area contributed by atoms with Crippen LogP contribution >= 0.6 is 0 Å². The number of carbonyl (C=O) groups is 2. The molecule has 23 heavy (non-hydrogen) atoms. The van der Waals surface area contributed by atoms with Crippen LogP contribution in [0, 0.1) is 0 Å². The Morgan fingerprint density at radius 2 is 1.78 bits per heavy atom. The van der Waals surface area contributed by atoms with Crippen LogP contribution in [-0.4, -0.2) is 42.0 Å². The van der Waals surface area contributed by atoms with Gasteiger partial charge in [0.2, 0.25) is 5.91 Å². The molecule has 0 heterocycles. The lowest BCUT2D eigenvalue weighted by molar-refractivity contribution is -0.122. The second-order valence-corrected chi connectivity index (χ2v) is 7.03. The number of aryl methyl sites for hydroxylation is 1. The number of amides is 3. The topological polar surface area (TPSA) is 61.4 Å². The minimum Gasteiger partial charge on any atom is -0.350 e. The van der Waals surface area contributed by atoms with E-state index in [-0.39, 0.29) is 30.1 Å². The Kier molecular flexibility index (Phi) is 7.07. The lowest BCUT2D eigenvalue weighted by Crippen LogP contribution is -2.49. The summed E-state index contributed by atoms with van der Waals surface area (Å²) in [7, 11) is 1.63. The molecular formula is C18H29N3O2. The summed E-state index contributed by atoms with van der Waals surface area (Å²) in [6.45, 7) is 7.77. The number of likely N-dealkylation sites (N-methyl/N-ethyl adjacent to an activating group) is 1. The highest BCUT2D eigenvalue weighted by Gasteiger charge is 2.18. The molecule has 0 spiro atoms. The zero-order valence-electron chi connectivity index (χ0n) is 14.8. The van der Waals surface area contributed by atoms with Gasteiger partial charge in [0, 0.05) is 18.6 Å². The number of benzene rings is 1. The third-order valence-corrected chi connectivity index (χ3v) is 3.32. The van der Waals surface area contributed by atoms with Crippen molar-refractivity contribution in [2.24, 2.45) is 0 Å². The van der Waals surface area contributed by atoms with Gasteiger partial charge in [0.1, 0.15) is 6.54 Å². The van der Waals surface area contributed by atoms with Crippen molar-refractivity contribution in [2.45, 2.75) is 52.1 Å². The Balaban J connectivity index is 2.35. The highest BCUT2D eigenvalue weighted by molar-refractivity contribution is 5.84. The van der Waals surface area contributed by atoms with Crippen molar-refractivity contribution in [3.8, 4) is 0 Å². The molecular weight excluding hydrogens is 290 g/mol. The van der Waals surface area contributed by atoms with Crippen molar-refractivity contribution in [1.29, 1.82) is 0 Å². The third kappa shape index (κ3) is 8.24. The number of nitrogens with zero attached hydrogens (tertiary/aromatic N) is 1. The fourth-order valence-corrected chi connectivity index (χ4v) is 2.17. The lowest BCUT2D eigenvalue weighted by Gasteiger charge is -2.24. The molecule has 0 saturated heterocycles. The minimum atomic E-state index is -0.294. The Morgan fingerprint density at radius 1 is 1.17 bits per heavy atom. The predicted molar refractivity (Wildman–Crippen MR) is 93.3 cm³/mol. The number of hydrogen-bond donors (Lipinski definition) is 2. The summed E-state index contributed by atoms with van der Waals surface area (Å²) in [5.74, 6) is -0.160. The highest BCUT2D eigenvalue weighted by Crippen LogP contribution is 2.05. The molecule has 2 N–H and O–H groups in total. The molecule has 1 atom stereocenters. The molecule has 0 radical (unpaired) electrons. The van der Waals surface area contributed by atoms with Gasteiger partial charge in [-0.3, -0.25) is 4.79 Å². The van der Waals surface area contributed by atoms with Gasteiger partial charge < -0.3 is 15.5 Å². The van der Waals surface area contributed by atoms with Gasteiger partial charge in [-0.05, 0) is 46.1 Å². The van der Waals surface area contributed by atoms with Crippen molar-refractivity contribution in [3.05, 3.63) is 35.9 Å². The first kappa shape index (κ1) is 19.0.